The third-order valence-electron chi connectivity index (χ3n) is 4.65. The molecule has 0 saturated carbocycles. The molecule has 1 unspecified atom stereocenters. The Labute approximate surface area is 133 Å². The van der Waals surface area contributed by atoms with E-state index in [0.717, 1.165) is 17.0 Å². The van der Waals surface area contributed by atoms with E-state index >= 15 is 0 Å². The average molecular weight is 295 g/mol. The predicted molar refractivity (Wildman–Crippen MR) is 90.8 cm³/mol. The summed E-state index contributed by atoms with van der Waals surface area (Å²) in [5.74, 6) is 0.422. The lowest BCUT2D eigenvalue weighted by Gasteiger charge is -2.24. The minimum absolute atomic E-state index is 0.422. The maximum absolute atomic E-state index is 4.36. The summed E-state index contributed by atoms with van der Waals surface area (Å²) in [7, 11) is 0. The number of benzene rings is 1. The smallest absolute Gasteiger partial charge is 0.0929 e. The van der Waals surface area contributed by atoms with Crippen LogP contribution in [0.3, 0.4) is 0 Å². The molecule has 0 N–H and O–H groups in total. The zero-order valence-electron chi connectivity index (χ0n) is 13.8. The van der Waals surface area contributed by atoms with Crippen LogP contribution >= 0.6 is 0 Å². The second kappa shape index (κ2) is 6.57. The van der Waals surface area contributed by atoms with E-state index in [4.69, 9.17) is 0 Å². The van der Waals surface area contributed by atoms with Gasteiger partial charge in [0.05, 0.1) is 11.4 Å². The fourth-order valence-corrected chi connectivity index (χ4v) is 3.08. The van der Waals surface area contributed by atoms with Crippen molar-refractivity contribution in [2.24, 2.45) is 0 Å². The van der Waals surface area contributed by atoms with Gasteiger partial charge in [0, 0.05) is 11.6 Å². The molecular weight excluding hydrogens is 270 g/mol. The van der Waals surface area contributed by atoms with E-state index in [0.29, 0.717) is 12.0 Å². The molecule has 1 aromatic carbocycles. The van der Waals surface area contributed by atoms with Gasteiger partial charge in [-0.3, -0.25) is 4.90 Å². The van der Waals surface area contributed by atoms with Crippen LogP contribution in [0.1, 0.15) is 56.8 Å². The van der Waals surface area contributed by atoms with Gasteiger partial charge in [0.1, 0.15) is 0 Å². The van der Waals surface area contributed by atoms with Gasteiger partial charge in [0.25, 0.3) is 0 Å². The first-order valence-electron chi connectivity index (χ1n) is 8.33. The molecule has 0 amide bonds. The molecule has 0 radical (unpaired) electrons. The molecule has 0 aliphatic carbocycles. The van der Waals surface area contributed by atoms with Crippen LogP contribution in [0.2, 0.25) is 0 Å². The van der Waals surface area contributed by atoms with Gasteiger partial charge >= 0.3 is 0 Å². The molecule has 1 aromatic heterocycles. The molecule has 1 atom stereocenters. The van der Waals surface area contributed by atoms with Crippen molar-refractivity contribution in [3.05, 3.63) is 47.7 Å². The second-order valence-corrected chi connectivity index (χ2v) is 6.54. The minimum atomic E-state index is 0.422. The predicted octanol–water partition coefficient (Wildman–Crippen LogP) is 4.42. The third kappa shape index (κ3) is 3.20. The lowest BCUT2D eigenvalue weighted by atomic mass is 10.0. The summed E-state index contributed by atoms with van der Waals surface area (Å²) >= 11 is 0. The molecular formula is C19H25N3. The van der Waals surface area contributed by atoms with Crippen molar-refractivity contribution < 1.29 is 0 Å². The largest absolute Gasteiger partial charge is 0.297 e. The number of likely N-dealkylation sites (tertiary alicyclic amines) is 1. The van der Waals surface area contributed by atoms with Crippen molar-refractivity contribution in [3.63, 3.8) is 0 Å². The standard InChI is InChI=1S/C19H25N3/c1-14(2)18-10-11-19(21-20-18)17-8-6-16(7-9-17)15(3)22-12-4-5-13-22/h6-11,14-15H,4-5,12-13H2,1-3H3. The molecule has 1 aliphatic heterocycles. The summed E-state index contributed by atoms with van der Waals surface area (Å²) in [6, 6.07) is 13.5. The first kappa shape index (κ1) is 15.2. The van der Waals surface area contributed by atoms with Crippen molar-refractivity contribution in [2.75, 3.05) is 13.1 Å². The summed E-state index contributed by atoms with van der Waals surface area (Å²) in [5.41, 5.74) is 4.52. The van der Waals surface area contributed by atoms with Crippen molar-refractivity contribution in [3.8, 4) is 11.3 Å². The van der Waals surface area contributed by atoms with Gasteiger partial charge in [0.2, 0.25) is 0 Å². The van der Waals surface area contributed by atoms with Crippen LogP contribution in [0.4, 0.5) is 0 Å². The van der Waals surface area contributed by atoms with Gasteiger partial charge in [-0.15, -0.1) is 0 Å². The number of hydrogen-bond acceptors (Lipinski definition) is 3. The highest BCUT2D eigenvalue weighted by Crippen LogP contribution is 2.26. The fourth-order valence-electron chi connectivity index (χ4n) is 3.08. The lowest BCUT2D eigenvalue weighted by Crippen LogP contribution is -2.23. The Kier molecular flexibility index (Phi) is 4.53. The summed E-state index contributed by atoms with van der Waals surface area (Å²) in [4.78, 5) is 2.56. The molecule has 3 rings (SSSR count). The maximum Gasteiger partial charge on any atom is 0.0929 e. The van der Waals surface area contributed by atoms with Gasteiger partial charge in [-0.25, -0.2) is 0 Å². The van der Waals surface area contributed by atoms with Crippen LogP contribution in [0.5, 0.6) is 0 Å². The van der Waals surface area contributed by atoms with Crippen molar-refractivity contribution in [1.82, 2.24) is 15.1 Å². The van der Waals surface area contributed by atoms with Gasteiger partial charge in [-0.05, 0) is 56.5 Å². The monoisotopic (exact) mass is 295 g/mol. The van der Waals surface area contributed by atoms with Crippen molar-refractivity contribution in [1.29, 1.82) is 0 Å². The van der Waals surface area contributed by atoms with Crippen LogP contribution in [-0.4, -0.2) is 28.2 Å². The van der Waals surface area contributed by atoms with Crippen LogP contribution in [-0.2, 0) is 0 Å². The van der Waals surface area contributed by atoms with Crippen LogP contribution < -0.4 is 0 Å². The quantitative estimate of drug-likeness (QED) is 0.836. The summed E-state index contributed by atoms with van der Waals surface area (Å²) in [5, 5.41) is 8.68. The average Bonchev–Trinajstić information content (AvgIpc) is 3.09. The third-order valence-corrected chi connectivity index (χ3v) is 4.65. The highest BCUT2D eigenvalue weighted by molar-refractivity contribution is 5.59. The molecule has 116 valence electrons. The molecule has 3 nitrogen and oxygen atoms in total. The Morgan fingerprint density at radius 1 is 0.864 bits per heavy atom. The van der Waals surface area contributed by atoms with Gasteiger partial charge < -0.3 is 0 Å². The highest BCUT2D eigenvalue weighted by atomic mass is 15.2. The van der Waals surface area contributed by atoms with E-state index in [9.17, 15) is 0 Å². The highest BCUT2D eigenvalue weighted by Gasteiger charge is 2.19. The Morgan fingerprint density at radius 3 is 2.09 bits per heavy atom. The molecule has 1 fully saturated rings. The van der Waals surface area contributed by atoms with Gasteiger partial charge in [-0.1, -0.05) is 38.1 Å². The summed E-state index contributed by atoms with van der Waals surface area (Å²) in [6.07, 6.45) is 2.67. The van der Waals surface area contributed by atoms with Gasteiger partial charge in [0.15, 0.2) is 0 Å². The molecule has 3 heteroatoms. The normalized spacial score (nSPS) is 17.1. The molecule has 2 heterocycles. The van der Waals surface area contributed by atoms with E-state index in [2.05, 4.69) is 72.3 Å². The number of hydrogen-bond donors (Lipinski definition) is 0. The Balaban J connectivity index is 1.75. The number of nitrogens with zero attached hydrogens (tertiary/aromatic N) is 3. The lowest BCUT2D eigenvalue weighted by molar-refractivity contribution is 0.263. The van der Waals surface area contributed by atoms with E-state index in [1.54, 1.807) is 0 Å². The number of aromatic nitrogens is 2. The SMILES string of the molecule is CC(C)c1ccc(-c2ccc(C(C)N3CCCC3)cc2)nn1. The van der Waals surface area contributed by atoms with E-state index in [1.165, 1.54) is 31.5 Å². The topological polar surface area (TPSA) is 29.0 Å². The zero-order valence-corrected chi connectivity index (χ0v) is 13.8. The Bertz CT molecular complexity index is 596. The number of rotatable bonds is 4. The van der Waals surface area contributed by atoms with E-state index < -0.39 is 0 Å². The molecule has 0 bridgehead atoms. The molecule has 1 saturated heterocycles. The Morgan fingerprint density at radius 2 is 1.55 bits per heavy atom. The second-order valence-electron chi connectivity index (χ2n) is 6.54. The zero-order chi connectivity index (χ0) is 15.5. The first-order chi connectivity index (χ1) is 10.6. The summed E-state index contributed by atoms with van der Waals surface area (Å²) in [6.45, 7) is 9.03. The molecule has 1 aliphatic rings. The van der Waals surface area contributed by atoms with Crippen LogP contribution in [0.25, 0.3) is 11.3 Å². The van der Waals surface area contributed by atoms with E-state index in [-0.39, 0.29) is 0 Å². The van der Waals surface area contributed by atoms with Crippen molar-refractivity contribution in [2.45, 2.75) is 45.6 Å². The summed E-state index contributed by atoms with van der Waals surface area (Å²) < 4.78 is 0. The minimum Gasteiger partial charge on any atom is -0.297 e. The van der Waals surface area contributed by atoms with E-state index in [1.807, 2.05) is 0 Å². The molecule has 22 heavy (non-hydrogen) atoms. The first-order valence-corrected chi connectivity index (χ1v) is 8.33. The van der Waals surface area contributed by atoms with Crippen LogP contribution in [0.15, 0.2) is 36.4 Å². The van der Waals surface area contributed by atoms with Crippen LogP contribution in [0, 0.1) is 0 Å². The van der Waals surface area contributed by atoms with Crippen molar-refractivity contribution >= 4 is 0 Å². The Hall–Kier alpha value is -1.74. The van der Waals surface area contributed by atoms with Gasteiger partial charge in [-0.2, -0.15) is 10.2 Å². The fraction of sp³-hybridized carbons (Fsp3) is 0.474. The molecule has 2 aromatic rings. The maximum atomic E-state index is 4.36. The molecule has 0 spiro atoms.